The molecule has 118 valence electrons. The highest BCUT2D eigenvalue weighted by Crippen LogP contribution is 2.23. The van der Waals surface area contributed by atoms with Gasteiger partial charge in [-0.2, -0.15) is 0 Å². The molecule has 7 heteroatoms. The van der Waals surface area contributed by atoms with E-state index in [1.165, 1.54) is 6.07 Å². The van der Waals surface area contributed by atoms with E-state index in [9.17, 15) is 10.0 Å². The minimum atomic E-state index is -0.221. The number of anilines is 1. The van der Waals surface area contributed by atoms with Crippen LogP contribution in [0.3, 0.4) is 0 Å². The number of carbonyl (C=O) groups excluding carboxylic acids is 1. The van der Waals surface area contributed by atoms with Crippen molar-refractivity contribution in [2.45, 2.75) is 6.04 Å². The Balaban J connectivity index is 2.06. The molecule has 1 aromatic rings. The molecule has 6 nitrogen and oxygen atoms in total. The molecule has 0 unspecified atom stereocenters. The Morgan fingerprint density at radius 3 is 2.55 bits per heavy atom. The van der Waals surface area contributed by atoms with Crippen LogP contribution in [-0.4, -0.2) is 47.5 Å². The number of Topliss-reactive ketones (excluding diaryl/α,β-unsaturated/α-hetero) is 1. The quantitative estimate of drug-likeness (QED) is 0.454. The van der Waals surface area contributed by atoms with E-state index in [4.69, 9.17) is 5.21 Å². The predicted octanol–water partition coefficient (Wildman–Crippen LogP) is 2.44. The fourth-order valence-electron chi connectivity index (χ4n) is 2.05. The van der Waals surface area contributed by atoms with Crippen molar-refractivity contribution in [2.75, 3.05) is 25.9 Å². The van der Waals surface area contributed by atoms with Crippen LogP contribution in [0.4, 0.5) is 5.69 Å². The number of ketones is 1. The van der Waals surface area contributed by atoms with E-state index in [2.05, 4.69) is 4.90 Å². The lowest BCUT2D eigenvalue weighted by molar-refractivity contribution is 0.0969. The summed E-state index contributed by atoms with van der Waals surface area (Å²) in [6, 6.07) is 4.90. The van der Waals surface area contributed by atoms with Gasteiger partial charge < -0.3 is 15.3 Å². The normalized spacial score (nSPS) is 14.7. The van der Waals surface area contributed by atoms with Gasteiger partial charge in [0.15, 0.2) is 5.78 Å². The fraction of sp³-hybridized carbons (Fsp3) is 0.267. The SMILES string of the molecule is CN(C)C1C=CN(CC(=O)c2ccc(I)c(N([O-])O)c2)C=C1. The van der Waals surface area contributed by atoms with Crippen molar-refractivity contribution in [1.82, 2.24) is 9.80 Å². The van der Waals surface area contributed by atoms with Gasteiger partial charge in [-0.25, -0.2) is 0 Å². The zero-order valence-electron chi connectivity index (χ0n) is 12.3. The summed E-state index contributed by atoms with van der Waals surface area (Å²) in [5.74, 6) is -0.128. The van der Waals surface area contributed by atoms with Crippen LogP contribution >= 0.6 is 22.6 Å². The molecule has 0 aliphatic carbocycles. The zero-order chi connectivity index (χ0) is 16.3. The number of halogens is 1. The number of nitrogens with zero attached hydrogens (tertiary/aromatic N) is 3. The van der Waals surface area contributed by atoms with Gasteiger partial charge in [0.2, 0.25) is 0 Å². The smallest absolute Gasteiger partial charge is 0.182 e. The maximum absolute atomic E-state index is 12.3. The Bertz CT molecular complexity index is 600. The number of carbonyl (C=O) groups is 1. The van der Waals surface area contributed by atoms with Crippen molar-refractivity contribution in [3.05, 3.63) is 57.1 Å². The van der Waals surface area contributed by atoms with Gasteiger partial charge >= 0.3 is 0 Å². The number of benzene rings is 1. The Morgan fingerprint density at radius 1 is 1.36 bits per heavy atom. The third-order valence-corrected chi connectivity index (χ3v) is 4.26. The summed E-state index contributed by atoms with van der Waals surface area (Å²) in [4.78, 5) is 16.1. The Labute approximate surface area is 143 Å². The molecule has 0 spiro atoms. The first-order valence-electron chi connectivity index (χ1n) is 6.66. The molecule has 0 atom stereocenters. The summed E-state index contributed by atoms with van der Waals surface area (Å²) in [5, 5.41) is 19.9. The topological polar surface area (TPSA) is 70.1 Å². The molecule has 1 aliphatic rings. The van der Waals surface area contributed by atoms with Crippen molar-refractivity contribution < 1.29 is 10.0 Å². The van der Waals surface area contributed by atoms with Crippen molar-refractivity contribution in [3.8, 4) is 0 Å². The third kappa shape index (κ3) is 4.07. The predicted molar refractivity (Wildman–Crippen MR) is 93.6 cm³/mol. The summed E-state index contributed by atoms with van der Waals surface area (Å²) >= 11 is 1.93. The number of rotatable bonds is 5. The molecule has 0 fully saturated rings. The van der Waals surface area contributed by atoms with Crippen molar-refractivity contribution >= 4 is 34.1 Å². The Morgan fingerprint density at radius 2 is 2.00 bits per heavy atom. The van der Waals surface area contributed by atoms with E-state index in [1.54, 1.807) is 17.0 Å². The van der Waals surface area contributed by atoms with Crippen molar-refractivity contribution in [1.29, 1.82) is 0 Å². The van der Waals surface area contributed by atoms with E-state index in [0.29, 0.717) is 9.13 Å². The lowest BCUT2D eigenvalue weighted by Gasteiger charge is -2.25. The van der Waals surface area contributed by atoms with Crippen LogP contribution in [0, 0.1) is 8.78 Å². The molecule has 0 saturated carbocycles. The molecule has 0 aromatic heterocycles. The lowest BCUT2D eigenvalue weighted by atomic mass is 10.1. The van der Waals surface area contributed by atoms with E-state index in [1.807, 2.05) is 61.2 Å². The highest BCUT2D eigenvalue weighted by Gasteiger charge is 2.14. The van der Waals surface area contributed by atoms with Gasteiger partial charge in [0.05, 0.1) is 12.2 Å². The Hall–Kier alpha value is -1.42. The molecule has 2 rings (SSSR count). The molecule has 1 aromatic carbocycles. The third-order valence-electron chi connectivity index (χ3n) is 3.35. The molecule has 0 amide bonds. The monoisotopic (exact) mass is 414 g/mol. The zero-order valence-corrected chi connectivity index (χ0v) is 14.5. The van der Waals surface area contributed by atoms with E-state index >= 15 is 0 Å². The molecule has 1 aliphatic heterocycles. The van der Waals surface area contributed by atoms with Gasteiger partial charge in [-0.3, -0.25) is 14.9 Å². The second-order valence-corrected chi connectivity index (χ2v) is 6.33. The van der Waals surface area contributed by atoms with Gasteiger partial charge in [-0.1, -0.05) is 6.07 Å². The van der Waals surface area contributed by atoms with Gasteiger partial charge in [-0.05, 0) is 61.0 Å². The van der Waals surface area contributed by atoms with Gasteiger partial charge in [0.25, 0.3) is 0 Å². The first kappa shape index (κ1) is 16.9. The minimum absolute atomic E-state index is 0.0730. The molecule has 0 bridgehead atoms. The first-order chi connectivity index (χ1) is 10.4. The summed E-state index contributed by atoms with van der Waals surface area (Å²) < 4.78 is 0.582. The number of hydrogen-bond donors (Lipinski definition) is 1. The van der Waals surface area contributed by atoms with E-state index in [0.717, 1.165) is 0 Å². The minimum Gasteiger partial charge on any atom is -0.733 e. The maximum atomic E-state index is 12.3. The van der Waals surface area contributed by atoms with Gasteiger partial charge in [0, 0.05) is 27.6 Å². The second-order valence-electron chi connectivity index (χ2n) is 5.17. The van der Waals surface area contributed by atoms with Crippen LogP contribution in [0.2, 0.25) is 0 Å². The van der Waals surface area contributed by atoms with Crippen molar-refractivity contribution in [3.63, 3.8) is 0 Å². The van der Waals surface area contributed by atoms with Crippen molar-refractivity contribution in [2.24, 2.45) is 0 Å². The average molecular weight is 414 g/mol. The molecule has 22 heavy (non-hydrogen) atoms. The van der Waals surface area contributed by atoms with E-state index < -0.39 is 0 Å². The average Bonchev–Trinajstić information content (AvgIpc) is 2.47. The standard InChI is InChI=1S/C15H17IN3O3/c1-17(2)12-5-7-18(8-6-12)10-15(20)11-3-4-13(16)14(9-11)19(21)22/h3-9,12,21H,10H2,1-2H3/q-1. The number of hydrogen-bond acceptors (Lipinski definition) is 6. The number of likely N-dealkylation sites (N-methyl/N-ethyl adjacent to an activating group) is 1. The van der Waals surface area contributed by atoms with Gasteiger partial charge in [0.1, 0.15) is 0 Å². The fourth-order valence-corrected chi connectivity index (χ4v) is 2.59. The summed E-state index contributed by atoms with van der Waals surface area (Å²) in [6.07, 6.45) is 7.73. The maximum Gasteiger partial charge on any atom is 0.182 e. The molecule has 0 radical (unpaired) electrons. The Kier molecular flexibility index (Phi) is 5.57. The highest BCUT2D eigenvalue weighted by atomic mass is 127. The van der Waals surface area contributed by atoms with E-state index in [-0.39, 0.29) is 29.3 Å². The molecule has 0 saturated heterocycles. The lowest BCUT2D eigenvalue weighted by Crippen LogP contribution is -2.29. The summed E-state index contributed by atoms with van der Waals surface area (Å²) in [6.45, 7) is 0.178. The van der Waals surface area contributed by atoms with Crippen LogP contribution in [0.25, 0.3) is 0 Å². The molecular formula is C15H17IN3O3-. The molecule has 1 N–H and O–H groups in total. The molecular weight excluding hydrogens is 397 g/mol. The summed E-state index contributed by atoms with van der Waals surface area (Å²) in [5.41, 5.74) is 0.464. The van der Waals surface area contributed by atoms with Crippen LogP contribution in [0.15, 0.2) is 42.8 Å². The highest BCUT2D eigenvalue weighted by molar-refractivity contribution is 14.1. The second kappa shape index (κ2) is 7.23. The largest absolute Gasteiger partial charge is 0.733 e. The van der Waals surface area contributed by atoms with Crippen LogP contribution in [0.5, 0.6) is 0 Å². The summed E-state index contributed by atoms with van der Waals surface area (Å²) in [7, 11) is 3.97. The molecule has 1 heterocycles. The van der Waals surface area contributed by atoms with Crippen LogP contribution < -0.4 is 5.23 Å². The van der Waals surface area contributed by atoms with Crippen LogP contribution in [-0.2, 0) is 0 Å². The van der Waals surface area contributed by atoms with Crippen LogP contribution in [0.1, 0.15) is 10.4 Å². The van der Waals surface area contributed by atoms with Gasteiger partial charge in [-0.15, -0.1) is 0 Å². The first-order valence-corrected chi connectivity index (χ1v) is 7.74.